The van der Waals surface area contributed by atoms with E-state index in [0.717, 1.165) is 30.5 Å². The number of amides is 1. The quantitative estimate of drug-likeness (QED) is 0.396. The van der Waals surface area contributed by atoms with Gasteiger partial charge in [-0.1, -0.05) is 6.07 Å². The van der Waals surface area contributed by atoms with Gasteiger partial charge in [0.05, 0.1) is 15.2 Å². The van der Waals surface area contributed by atoms with E-state index in [4.69, 9.17) is 0 Å². The summed E-state index contributed by atoms with van der Waals surface area (Å²) in [4.78, 5) is 42.3. The van der Waals surface area contributed by atoms with Crippen LogP contribution in [0.25, 0.3) is 11.1 Å². The summed E-state index contributed by atoms with van der Waals surface area (Å²) in [6.45, 7) is 2.71. The van der Waals surface area contributed by atoms with Crippen molar-refractivity contribution in [3.05, 3.63) is 86.2 Å². The van der Waals surface area contributed by atoms with E-state index in [9.17, 15) is 49.1 Å². The summed E-state index contributed by atoms with van der Waals surface area (Å²) in [5.74, 6) is -1.41. The Bertz CT molecular complexity index is 1710. The molecular weight excluding hydrogens is 592 g/mol. The molecule has 42 heavy (non-hydrogen) atoms. The van der Waals surface area contributed by atoms with Crippen LogP contribution in [0.1, 0.15) is 48.3 Å². The first-order valence-electron chi connectivity index (χ1n) is 12.6. The van der Waals surface area contributed by atoms with Crippen LogP contribution in [0.4, 0.5) is 26.3 Å². The number of pyridine rings is 2. The second-order valence-electron chi connectivity index (χ2n) is 10.4. The SMILES string of the molecule is CC(C)(C1CCN(C(=O)c2[nH]c(=O)c(C(F)(F)F)cc2-c2ccc(=O)[nH]c2)CC1)S(=O)(=O)c1cccc(C(F)(F)F)c1. The number of alkyl halides is 6. The van der Waals surface area contributed by atoms with Crippen LogP contribution in [0.5, 0.6) is 0 Å². The van der Waals surface area contributed by atoms with Crippen LogP contribution in [0.3, 0.4) is 0 Å². The molecular formula is C27H25F6N3O5S. The van der Waals surface area contributed by atoms with Gasteiger partial charge in [0, 0.05) is 36.5 Å². The zero-order chi connectivity index (χ0) is 31.3. The number of carbonyl (C=O) groups excluding carboxylic acids is 1. The molecule has 8 nitrogen and oxygen atoms in total. The number of piperidine rings is 1. The number of hydrogen-bond donors (Lipinski definition) is 2. The Balaban J connectivity index is 1.61. The van der Waals surface area contributed by atoms with Crippen molar-refractivity contribution in [3.8, 4) is 11.1 Å². The highest BCUT2D eigenvalue weighted by Crippen LogP contribution is 2.40. The summed E-state index contributed by atoms with van der Waals surface area (Å²) in [7, 11) is -4.27. The highest BCUT2D eigenvalue weighted by molar-refractivity contribution is 7.92. The van der Waals surface area contributed by atoms with Gasteiger partial charge in [-0.3, -0.25) is 14.4 Å². The lowest BCUT2D eigenvalue weighted by Crippen LogP contribution is -2.48. The number of nitrogens with zero attached hydrogens (tertiary/aromatic N) is 1. The summed E-state index contributed by atoms with van der Waals surface area (Å²) in [6.07, 6.45) is -8.46. The van der Waals surface area contributed by atoms with Crippen molar-refractivity contribution in [3.63, 3.8) is 0 Å². The standard InChI is InChI=1S/C27H25F6N3O5S/c1-25(2,42(40,41)18-5-3-4-17(12-18)26(28,29)30)16-8-10-36(11-9-16)24(39)22-19(15-6-7-21(37)34-14-15)13-20(23(38)35-22)27(31,32)33/h3-7,12-14,16H,8-11H2,1-2H3,(H,34,37)(H,35,38). The summed E-state index contributed by atoms with van der Waals surface area (Å²) < 4.78 is 105. The molecule has 0 radical (unpaired) electrons. The Morgan fingerprint density at radius 1 is 0.929 bits per heavy atom. The normalized spacial score (nSPS) is 15.6. The number of aromatic amines is 2. The van der Waals surface area contributed by atoms with Gasteiger partial charge in [-0.2, -0.15) is 26.3 Å². The largest absolute Gasteiger partial charge is 0.421 e. The van der Waals surface area contributed by atoms with E-state index in [-0.39, 0.29) is 37.1 Å². The predicted octanol–water partition coefficient (Wildman–Crippen LogP) is 4.87. The van der Waals surface area contributed by atoms with Gasteiger partial charge in [-0.05, 0) is 62.9 Å². The smallest absolute Gasteiger partial charge is 0.337 e. The van der Waals surface area contributed by atoms with E-state index >= 15 is 0 Å². The van der Waals surface area contributed by atoms with Gasteiger partial charge in [0.2, 0.25) is 5.56 Å². The van der Waals surface area contributed by atoms with E-state index in [2.05, 4.69) is 4.98 Å². The Hall–Kier alpha value is -3.88. The second-order valence-corrected chi connectivity index (χ2v) is 13.0. The van der Waals surface area contributed by atoms with Gasteiger partial charge >= 0.3 is 12.4 Å². The zero-order valence-corrected chi connectivity index (χ0v) is 23.0. The number of nitrogens with one attached hydrogen (secondary N) is 2. The molecule has 3 aromatic rings. The van der Waals surface area contributed by atoms with Crippen molar-refractivity contribution in [1.82, 2.24) is 14.9 Å². The molecule has 1 aliphatic heterocycles. The summed E-state index contributed by atoms with van der Waals surface area (Å²) >= 11 is 0. The van der Waals surface area contributed by atoms with Crippen molar-refractivity contribution in [2.45, 2.75) is 48.7 Å². The maximum atomic E-state index is 13.5. The first kappa shape index (κ1) is 31.1. The van der Waals surface area contributed by atoms with E-state index in [0.29, 0.717) is 12.1 Å². The predicted molar refractivity (Wildman–Crippen MR) is 139 cm³/mol. The summed E-state index contributed by atoms with van der Waals surface area (Å²) in [5.41, 5.74) is -5.43. The van der Waals surface area contributed by atoms with Crippen LogP contribution < -0.4 is 11.1 Å². The Morgan fingerprint density at radius 3 is 2.12 bits per heavy atom. The van der Waals surface area contributed by atoms with Gasteiger partial charge in [-0.25, -0.2) is 8.42 Å². The molecule has 1 amide bonds. The third-order valence-electron chi connectivity index (χ3n) is 7.59. The van der Waals surface area contributed by atoms with Crippen LogP contribution in [0.2, 0.25) is 0 Å². The second kappa shape index (κ2) is 10.7. The van der Waals surface area contributed by atoms with E-state index in [1.807, 2.05) is 4.98 Å². The molecule has 1 fully saturated rings. The highest BCUT2D eigenvalue weighted by atomic mass is 32.2. The lowest BCUT2D eigenvalue weighted by molar-refractivity contribution is -0.139. The highest BCUT2D eigenvalue weighted by Gasteiger charge is 2.45. The fraction of sp³-hybridized carbons (Fsp3) is 0.370. The number of halogens is 6. The average molecular weight is 618 g/mol. The lowest BCUT2D eigenvalue weighted by Gasteiger charge is -2.40. The van der Waals surface area contributed by atoms with Crippen LogP contribution >= 0.6 is 0 Å². The Labute approximate surface area is 235 Å². The number of aromatic nitrogens is 2. The minimum Gasteiger partial charge on any atom is -0.337 e. The Morgan fingerprint density at radius 2 is 1.57 bits per heavy atom. The summed E-state index contributed by atoms with van der Waals surface area (Å²) in [6, 6.07) is 6.20. The average Bonchev–Trinajstić information content (AvgIpc) is 2.92. The topological polar surface area (TPSA) is 120 Å². The minimum absolute atomic E-state index is 0.0305. The van der Waals surface area contributed by atoms with Gasteiger partial charge in [0.25, 0.3) is 11.5 Å². The minimum atomic E-state index is -5.03. The third-order valence-corrected chi connectivity index (χ3v) is 10.2. The molecule has 0 unspecified atom stereocenters. The molecule has 0 bridgehead atoms. The van der Waals surface area contributed by atoms with Crippen molar-refractivity contribution in [1.29, 1.82) is 0 Å². The maximum absolute atomic E-state index is 13.5. The van der Waals surface area contributed by atoms with Crippen molar-refractivity contribution in [2.75, 3.05) is 13.1 Å². The van der Waals surface area contributed by atoms with Gasteiger partial charge in [0.1, 0.15) is 11.3 Å². The third kappa shape index (κ3) is 5.87. The first-order chi connectivity index (χ1) is 19.3. The van der Waals surface area contributed by atoms with Crippen LogP contribution in [0, 0.1) is 5.92 Å². The number of carbonyl (C=O) groups is 1. The monoisotopic (exact) mass is 617 g/mol. The molecule has 0 aliphatic carbocycles. The lowest BCUT2D eigenvalue weighted by atomic mass is 9.85. The van der Waals surface area contributed by atoms with E-state index < -0.39 is 71.6 Å². The molecule has 4 rings (SSSR count). The van der Waals surface area contributed by atoms with Crippen molar-refractivity contribution in [2.24, 2.45) is 5.92 Å². The van der Waals surface area contributed by atoms with E-state index in [1.165, 1.54) is 24.8 Å². The van der Waals surface area contributed by atoms with Crippen LogP contribution in [-0.4, -0.2) is 47.0 Å². The molecule has 3 heterocycles. The molecule has 2 aromatic heterocycles. The van der Waals surface area contributed by atoms with Crippen molar-refractivity contribution >= 4 is 15.7 Å². The van der Waals surface area contributed by atoms with Crippen LogP contribution in [-0.2, 0) is 22.2 Å². The molecule has 1 saturated heterocycles. The fourth-order valence-corrected chi connectivity index (χ4v) is 6.84. The van der Waals surface area contributed by atoms with E-state index in [1.54, 1.807) is 0 Å². The number of sulfone groups is 1. The number of rotatable bonds is 5. The molecule has 1 aliphatic rings. The van der Waals surface area contributed by atoms with Gasteiger partial charge < -0.3 is 14.9 Å². The number of hydrogen-bond acceptors (Lipinski definition) is 5. The molecule has 2 N–H and O–H groups in total. The first-order valence-corrected chi connectivity index (χ1v) is 14.1. The maximum Gasteiger partial charge on any atom is 0.421 e. The number of H-pyrrole nitrogens is 2. The summed E-state index contributed by atoms with van der Waals surface area (Å²) in [5, 5.41) is 0. The molecule has 0 spiro atoms. The number of likely N-dealkylation sites (tertiary alicyclic amines) is 1. The van der Waals surface area contributed by atoms with Gasteiger partial charge in [-0.15, -0.1) is 0 Å². The molecule has 15 heteroatoms. The number of benzene rings is 1. The van der Waals surface area contributed by atoms with Crippen molar-refractivity contribution < 1.29 is 39.6 Å². The molecule has 1 aromatic carbocycles. The molecule has 226 valence electrons. The fourth-order valence-electron chi connectivity index (χ4n) is 5.01. The van der Waals surface area contributed by atoms with Gasteiger partial charge in [0.15, 0.2) is 9.84 Å². The van der Waals surface area contributed by atoms with Crippen LogP contribution in [0.15, 0.2) is 63.1 Å². The zero-order valence-electron chi connectivity index (χ0n) is 22.2. The Kier molecular flexibility index (Phi) is 7.95. The molecule has 0 saturated carbocycles. The molecule has 0 atom stereocenters.